The molecule has 0 aliphatic carbocycles. The van der Waals surface area contributed by atoms with Crippen LogP contribution < -0.4 is 10.6 Å². The monoisotopic (exact) mass is 276 g/mol. The van der Waals surface area contributed by atoms with Crippen molar-refractivity contribution in [2.24, 2.45) is 0 Å². The van der Waals surface area contributed by atoms with Crippen molar-refractivity contribution in [1.29, 1.82) is 0 Å². The summed E-state index contributed by atoms with van der Waals surface area (Å²) in [6.45, 7) is 4.28. The molecule has 0 saturated carbocycles. The third-order valence-corrected chi connectivity index (χ3v) is 4.46. The molecule has 20 heavy (non-hydrogen) atoms. The minimum absolute atomic E-state index is 0.0983. The number of aliphatic hydroxyl groups is 1. The molecule has 1 saturated heterocycles. The van der Waals surface area contributed by atoms with Gasteiger partial charge in [-0.2, -0.15) is 0 Å². The number of hydrogen-bond donors (Lipinski definition) is 3. The van der Waals surface area contributed by atoms with Gasteiger partial charge in [-0.25, -0.2) is 0 Å². The maximum atomic E-state index is 10.9. The Hall–Kier alpha value is -1.10. The van der Waals surface area contributed by atoms with Crippen LogP contribution in [0.3, 0.4) is 0 Å². The maximum Gasteiger partial charge on any atom is 0.0835 e. The third kappa shape index (κ3) is 2.97. The Bertz CT molecular complexity index is 456. The zero-order valence-electron chi connectivity index (χ0n) is 12.1. The van der Waals surface area contributed by atoms with Crippen LogP contribution in [0.25, 0.3) is 0 Å². The van der Waals surface area contributed by atoms with Crippen LogP contribution in [0.1, 0.15) is 25.3 Å². The predicted octanol–water partition coefficient (Wildman–Crippen LogP) is 1.54. The van der Waals surface area contributed by atoms with Crippen molar-refractivity contribution < 1.29 is 9.84 Å². The Morgan fingerprint density at radius 1 is 1.40 bits per heavy atom. The Labute approximate surface area is 120 Å². The van der Waals surface area contributed by atoms with Crippen LogP contribution in [0, 0.1) is 0 Å². The molecule has 2 aliphatic heterocycles. The van der Waals surface area contributed by atoms with Crippen LogP contribution in [0.5, 0.6) is 0 Å². The number of hydrogen-bond acceptors (Lipinski definition) is 4. The van der Waals surface area contributed by atoms with Crippen LogP contribution in [0.15, 0.2) is 24.3 Å². The minimum atomic E-state index is -0.730. The van der Waals surface area contributed by atoms with E-state index in [9.17, 15) is 5.11 Å². The molecule has 0 spiro atoms. The first-order chi connectivity index (χ1) is 9.65. The van der Waals surface area contributed by atoms with Gasteiger partial charge in [0.1, 0.15) is 0 Å². The fraction of sp³-hybridized carbons (Fsp3) is 0.625. The molecular weight excluding hydrogens is 252 g/mol. The van der Waals surface area contributed by atoms with Gasteiger partial charge in [0.05, 0.1) is 24.9 Å². The van der Waals surface area contributed by atoms with Gasteiger partial charge in [0, 0.05) is 18.3 Å². The highest BCUT2D eigenvalue weighted by Gasteiger charge is 2.36. The number of fused-ring (bicyclic) bond motifs is 1. The van der Waals surface area contributed by atoms with E-state index < -0.39 is 5.60 Å². The number of morpholine rings is 1. The van der Waals surface area contributed by atoms with Crippen LogP contribution in [-0.2, 0) is 11.2 Å². The number of rotatable bonds is 3. The van der Waals surface area contributed by atoms with Gasteiger partial charge in [0.15, 0.2) is 0 Å². The summed E-state index contributed by atoms with van der Waals surface area (Å²) < 4.78 is 5.48. The quantitative estimate of drug-likeness (QED) is 0.784. The van der Waals surface area contributed by atoms with Crippen LogP contribution in [0.2, 0.25) is 0 Å². The van der Waals surface area contributed by atoms with Crippen molar-refractivity contribution in [2.45, 2.75) is 43.9 Å². The van der Waals surface area contributed by atoms with E-state index in [0.717, 1.165) is 31.7 Å². The second-order valence-corrected chi connectivity index (χ2v) is 6.18. The van der Waals surface area contributed by atoms with Crippen molar-refractivity contribution in [3.8, 4) is 0 Å². The van der Waals surface area contributed by atoms with Gasteiger partial charge in [0.2, 0.25) is 0 Å². The second-order valence-electron chi connectivity index (χ2n) is 6.18. The molecule has 2 aliphatic rings. The number of nitrogens with one attached hydrogen (secondary N) is 2. The Kier molecular flexibility index (Phi) is 3.96. The average Bonchev–Trinajstić information content (AvgIpc) is 2.47. The molecule has 3 N–H and O–H groups in total. The maximum absolute atomic E-state index is 10.9. The van der Waals surface area contributed by atoms with Gasteiger partial charge in [-0.3, -0.25) is 0 Å². The zero-order chi connectivity index (χ0) is 14.0. The minimum Gasteiger partial charge on any atom is -0.388 e. The molecule has 3 rings (SSSR count). The average molecular weight is 276 g/mol. The van der Waals surface area contributed by atoms with E-state index in [2.05, 4.69) is 28.8 Å². The molecule has 4 heteroatoms. The zero-order valence-corrected chi connectivity index (χ0v) is 12.1. The number of ether oxygens (including phenoxy) is 1. The van der Waals surface area contributed by atoms with Gasteiger partial charge >= 0.3 is 0 Å². The van der Waals surface area contributed by atoms with E-state index in [1.807, 2.05) is 13.0 Å². The van der Waals surface area contributed by atoms with Crippen molar-refractivity contribution >= 4 is 5.69 Å². The molecule has 1 fully saturated rings. The Morgan fingerprint density at radius 2 is 2.25 bits per heavy atom. The van der Waals surface area contributed by atoms with Crippen LogP contribution in [0.4, 0.5) is 5.69 Å². The molecule has 3 atom stereocenters. The number of aryl methyl sites for hydroxylation is 1. The highest BCUT2D eigenvalue weighted by atomic mass is 16.5. The van der Waals surface area contributed by atoms with Gasteiger partial charge in [-0.15, -0.1) is 0 Å². The summed E-state index contributed by atoms with van der Waals surface area (Å²) in [6, 6.07) is 8.71. The Morgan fingerprint density at radius 3 is 3.05 bits per heavy atom. The van der Waals surface area contributed by atoms with Crippen LogP contribution >= 0.6 is 0 Å². The van der Waals surface area contributed by atoms with E-state index >= 15 is 0 Å². The van der Waals surface area contributed by atoms with E-state index in [-0.39, 0.29) is 12.1 Å². The number of benzene rings is 1. The molecule has 0 amide bonds. The lowest BCUT2D eigenvalue weighted by Crippen LogP contribution is -2.53. The molecule has 110 valence electrons. The topological polar surface area (TPSA) is 53.5 Å². The SMILES string of the molecule is CC(O)(CC1COCCN1)C1CCc2ccccc2N1. The summed E-state index contributed by atoms with van der Waals surface area (Å²) in [5.41, 5.74) is 1.78. The number of para-hydroxylation sites is 1. The highest BCUT2D eigenvalue weighted by Crippen LogP contribution is 2.31. The van der Waals surface area contributed by atoms with Gasteiger partial charge in [-0.05, 0) is 37.8 Å². The van der Waals surface area contributed by atoms with Crippen LogP contribution in [-0.4, -0.2) is 42.5 Å². The molecule has 3 unspecified atom stereocenters. The van der Waals surface area contributed by atoms with E-state index in [1.54, 1.807) is 0 Å². The molecule has 0 bridgehead atoms. The molecule has 1 aromatic rings. The molecule has 4 nitrogen and oxygen atoms in total. The van der Waals surface area contributed by atoms with Crippen molar-refractivity contribution in [3.05, 3.63) is 29.8 Å². The van der Waals surface area contributed by atoms with Crippen molar-refractivity contribution in [2.75, 3.05) is 25.1 Å². The number of anilines is 1. The van der Waals surface area contributed by atoms with E-state index in [1.165, 1.54) is 5.56 Å². The summed E-state index contributed by atoms with van der Waals surface area (Å²) in [6.07, 6.45) is 2.71. The molecule has 2 heterocycles. The lowest BCUT2D eigenvalue weighted by molar-refractivity contribution is -0.00806. The van der Waals surface area contributed by atoms with Gasteiger partial charge < -0.3 is 20.5 Å². The lowest BCUT2D eigenvalue weighted by Gasteiger charge is -2.40. The highest BCUT2D eigenvalue weighted by molar-refractivity contribution is 5.54. The molecule has 0 radical (unpaired) electrons. The second kappa shape index (κ2) is 5.72. The first kappa shape index (κ1) is 13.9. The van der Waals surface area contributed by atoms with Crippen molar-refractivity contribution in [3.63, 3.8) is 0 Å². The first-order valence-corrected chi connectivity index (χ1v) is 7.53. The summed E-state index contributed by atoms with van der Waals surface area (Å²) in [5, 5.41) is 17.8. The van der Waals surface area contributed by atoms with E-state index in [0.29, 0.717) is 13.0 Å². The molecular formula is C16H24N2O2. The van der Waals surface area contributed by atoms with Crippen molar-refractivity contribution in [1.82, 2.24) is 5.32 Å². The molecule has 1 aromatic carbocycles. The largest absolute Gasteiger partial charge is 0.388 e. The summed E-state index contributed by atoms with van der Waals surface area (Å²) in [5.74, 6) is 0. The lowest BCUT2D eigenvalue weighted by atomic mass is 9.83. The Balaban J connectivity index is 1.66. The normalized spacial score (nSPS) is 29.1. The van der Waals surface area contributed by atoms with Gasteiger partial charge in [0.25, 0.3) is 0 Å². The van der Waals surface area contributed by atoms with E-state index in [4.69, 9.17) is 4.74 Å². The molecule has 0 aromatic heterocycles. The fourth-order valence-corrected chi connectivity index (χ4v) is 3.30. The fourth-order valence-electron chi connectivity index (χ4n) is 3.30. The first-order valence-electron chi connectivity index (χ1n) is 7.53. The summed E-state index contributed by atoms with van der Waals surface area (Å²) >= 11 is 0. The standard InChI is InChI=1S/C16H24N2O2/c1-16(19,10-13-11-20-9-8-17-13)15-7-6-12-4-2-3-5-14(12)18-15/h2-5,13,15,17-19H,6-11H2,1H3. The predicted molar refractivity (Wildman–Crippen MR) is 80.0 cm³/mol. The van der Waals surface area contributed by atoms with Gasteiger partial charge in [-0.1, -0.05) is 18.2 Å². The smallest absolute Gasteiger partial charge is 0.0835 e. The summed E-state index contributed by atoms with van der Waals surface area (Å²) in [7, 11) is 0. The third-order valence-electron chi connectivity index (χ3n) is 4.46. The summed E-state index contributed by atoms with van der Waals surface area (Å²) in [4.78, 5) is 0.